The van der Waals surface area contributed by atoms with E-state index in [1.165, 1.54) is 23.0 Å². The first-order valence-electron chi connectivity index (χ1n) is 7.77. The molecule has 0 aliphatic carbocycles. The number of amides is 1. The van der Waals surface area contributed by atoms with Crippen LogP contribution in [0.15, 0.2) is 30.5 Å². The number of pyridine rings is 2. The minimum absolute atomic E-state index is 0.0984. The Labute approximate surface area is 158 Å². The summed E-state index contributed by atoms with van der Waals surface area (Å²) in [4.78, 5) is 19.9. The largest absolute Gasteiger partial charge is 0.441 e. The van der Waals surface area contributed by atoms with Gasteiger partial charge < -0.3 is 10.5 Å². The van der Waals surface area contributed by atoms with Crippen LogP contribution in [-0.4, -0.2) is 31.1 Å². The Morgan fingerprint density at radius 1 is 1.41 bits per heavy atom. The number of nitrogens with zero attached hydrogens (tertiary/aromatic N) is 5. The van der Waals surface area contributed by atoms with Crippen LogP contribution in [0.2, 0.25) is 5.15 Å². The molecule has 1 amide bonds. The number of carbonyl (C=O) groups excluding carboxylic acids is 1. The lowest BCUT2D eigenvalue weighted by molar-refractivity contribution is 0.121. The molecular weight excluding hydrogens is 377 g/mol. The predicted molar refractivity (Wildman–Crippen MR) is 96.4 cm³/mol. The number of aromatic nitrogens is 5. The number of ether oxygens (including phenoxy) is 1. The van der Waals surface area contributed by atoms with Crippen molar-refractivity contribution in [1.82, 2.24) is 25.0 Å². The minimum atomic E-state index is -0.841. The molecule has 1 atom stereocenters. The highest BCUT2D eigenvalue weighted by Gasteiger charge is 2.20. The average molecular weight is 392 g/mol. The molecule has 0 fully saturated rings. The molecule has 0 spiro atoms. The number of aryl methyl sites for hydroxylation is 1. The van der Waals surface area contributed by atoms with Crippen molar-refractivity contribution >= 4 is 29.2 Å². The molecule has 3 heterocycles. The van der Waals surface area contributed by atoms with E-state index in [9.17, 15) is 9.18 Å². The van der Waals surface area contributed by atoms with Crippen LogP contribution in [0.4, 0.5) is 20.7 Å². The van der Waals surface area contributed by atoms with E-state index in [0.717, 1.165) is 0 Å². The second-order valence-corrected chi connectivity index (χ2v) is 5.90. The zero-order valence-corrected chi connectivity index (χ0v) is 15.1. The summed E-state index contributed by atoms with van der Waals surface area (Å²) in [6.45, 7) is 1.65. The summed E-state index contributed by atoms with van der Waals surface area (Å²) in [5, 5.41) is 10.5. The SMILES string of the molecule is C[C@@H](OC(=O)Nc1c(-c2ccc(N)c(F)n2)nnn1C)c1cccnc1Cl. The van der Waals surface area contributed by atoms with Crippen LogP contribution in [0.25, 0.3) is 11.4 Å². The summed E-state index contributed by atoms with van der Waals surface area (Å²) in [6, 6.07) is 6.20. The fraction of sp³-hybridized carbons (Fsp3) is 0.188. The summed E-state index contributed by atoms with van der Waals surface area (Å²) < 4.78 is 20.3. The third-order valence-electron chi connectivity index (χ3n) is 3.68. The zero-order chi connectivity index (χ0) is 19.6. The third kappa shape index (κ3) is 3.95. The van der Waals surface area contributed by atoms with Gasteiger partial charge in [-0.05, 0) is 25.1 Å². The fourth-order valence-electron chi connectivity index (χ4n) is 2.30. The zero-order valence-electron chi connectivity index (χ0n) is 14.3. The van der Waals surface area contributed by atoms with Crippen molar-refractivity contribution in [1.29, 1.82) is 0 Å². The normalized spacial score (nSPS) is 11.9. The predicted octanol–water partition coefficient (Wildman–Crippen LogP) is 2.96. The molecule has 0 aliphatic heterocycles. The molecule has 3 aromatic heterocycles. The van der Waals surface area contributed by atoms with Crippen molar-refractivity contribution in [2.75, 3.05) is 11.1 Å². The molecule has 0 saturated carbocycles. The highest BCUT2D eigenvalue weighted by Crippen LogP contribution is 2.27. The molecule has 0 radical (unpaired) electrons. The Morgan fingerprint density at radius 2 is 2.19 bits per heavy atom. The summed E-state index contributed by atoms with van der Waals surface area (Å²) >= 11 is 6.00. The lowest BCUT2D eigenvalue weighted by Gasteiger charge is -2.15. The van der Waals surface area contributed by atoms with Gasteiger partial charge in [-0.2, -0.15) is 4.39 Å². The van der Waals surface area contributed by atoms with Crippen molar-refractivity contribution in [3.05, 3.63) is 47.1 Å². The maximum atomic E-state index is 13.6. The quantitative estimate of drug-likeness (QED) is 0.655. The third-order valence-corrected chi connectivity index (χ3v) is 3.99. The summed E-state index contributed by atoms with van der Waals surface area (Å²) in [7, 11) is 1.56. The summed E-state index contributed by atoms with van der Waals surface area (Å²) in [6.07, 6.45) is 0.109. The molecular formula is C16H15ClFN7O2. The number of carbonyl (C=O) groups is 1. The van der Waals surface area contributed by atoms with E-state index in [4.69, 9.17) is 22.1 Å². The number of anilines is 2. The Kier molecular flexibility index (Phi) is 5.17. The van der Waals surface area contributed by atoms with Crippen molar-refractivity contribution in [3.8, 4) is 11.4 Å². The second kappa shape index (κ2) is 7.54. The van der Waals surface area contributed by atoms with E-state index in [-0.39, 0.29) is 28.0 Å². The second-order valence-electron chi connectivity index (χ2n) is 5.54. The van der Waals surface area contributed by atoms with Gasteiger partial charge in [-0.15, -0.1) is 5.10 Å². The van der Waals surface area contributed by atoms with E-state index in [1.807, 2.05) is 0 Å². The minimum Gasteiger partial charge on any atom is -0.441 e. The van der Waals surface area contributed by atoms with Gasteiger partial charge in [0.05, 0.1) is 11.4 Å². The van der Waals surface area contributed by atoms with Gasteiger partial charge in [-0.25, -0.2) is 19.4 Å². The van der Waals surface area contributed by atoms with Gasteiger partial charge in [-0.3, -0.25) is 5.32 Å². The molecule has 11 heteroatoms. The van der Waals surface area contributed by atoms with Gasteiger partial charge in [-0.1, -0.05) is 22.9 Å². The first-order valence-corrected chi connectivity index (χ1v) is 8.14. The molecule has 9 nitrogen and oxygen atoms in total. The molecule has 0 saturated heterocycles. The Bertz CT molecular complexity index is 995. The molecule has 3 rings (SSSR count). The fourth-order valence-corrected chi connectivity index (χ4v) is 2.57. The first-order chi connectivity index (χ1) is 12.9. The number of halogens is 2. The number of hydrogen-bond donors (Lipinski definition) is 2. The molecule has 3 aromatic rings. The topological polar surface area (TPSA) is 121 Å². The Balaban J connectivity index is 1.79. The highest BCUT2D eigenvalue weighted by molar-refractivity contribution is 6.30. The van der Waals surface area contributed by atoms with E-state index in [1.54, 1.807) is 26.1 Å². The van der Waals surface area contributed by atoms with Crippen LogP contribution in [-0.2, 0) is 11.8 Å². The highest BCUT2D eigenvalue weighted by atomic mass is 35.5. The molecule has 3 N–H and O–H groups in total. The number of hydrogen-bond acceptors (Lipinski definition) is 7. The number of nitrogens with two attached hydrogens (primary N) is 1. The first kappa shape index (κ1) is 18.5. The van der Waals surface area contributed by atoms with Crippen molar-refractivity contribution in [2.24, 2.45) is 7.05 Å². The van der Waals surface area contributed by atoms with Crippen LogP contribution in [0, 0.1) is 5.95 Å². The summed E-state index contributed by atoms with van der Waals surface area (Å²) in [5.41, 5.74) is 6.21. The number of nitrogens with one attached hydrogen (secondary N) is 1. The van der Waals surface area contributed by atoms with Crippen LogP contribution in [0.3, 0.4) is 0 Å². The Hall–Kier alpha value is -3.27. The number of rotatable bonds is 4. The van der Waals surface area contributed by atoms with E-state index < -0.39 is 18.1 Å². The Morgan fingerprint density at radius 3 is 2.89 bits per heavy atom. The maximum absolute atomic E-state index is 13.6. The lowest BCUT2D eigenvalue weighted by atomic mass is 10.2. The van der Waals surface area contributed by atoms with Crippen LogP contribution < -0.4 is 11.1 Å². The van der Waals surface area contributed by atoms with Gasteiger partial charge in [0.25, 0.3) is 0 Å². The van der Waals surface area contributed by atoms with Crippen molar-refractivity contribution in [2.45, 2.75) is 13.0 Å². The van der Waals surface area contributed by atoms with Crippen LogP contribution in [0.5, 0.6) is 0 Å². The molecule has 0 unspecified atom stereocenters. The molecule has 140 valence electrons. The van der Waals surface area contributed by atoms with Crippen molar-refractivity contribution < 1.29 is 13.9 Å². The standard InChI is InChI=1S/C16H15ClFN7O2/c1-8(9-4-3-7-20-13(9)17)27-16(26)22-15-12(23-24-25(15)2)11-6-5-10(19)14(18)21-11/h3-8H,19H2,1-2H3,(H,22,26)/t8-/m1/s1. The van der Waals surface area contributed by atoms with Gasteiger partial charge in [0, 0.05) is 18.8 Å². The van der Waals surface area contributed by atoms with Gasteiger partial charge >= 0.3 is 6.09 Å². The monoisotopic (exact) mass is 391 g/mol. The van der Waals surface area contributed by atoms with E-state index in [0.29, 0.717) is 5.56 Å². The van der Waals surface area contributed by atoms with Crippen LogP contribution >= 0.6 is 11.6 Å². The molecule has 27 heavy (non-hydrogen) atoms. The number of nitrogen functional groups attached to an aromatic ring is 1. The molecule has 0 aliphatic rings. The smallest absolute Gasteiger partial charge is 0.413 e. The average Bonchev–Trinajstić information content (AvgIpc) is 2.98. The van der Waals surface area contributed by atoms with Crippen LogP contribution in [0.1, 0.15) is 18.6 Å². The van der Waals surface area contributed by atoms with E-state index >= 15 is 0 Å². The van der Waals surface area contributed by atoms with Crippen molar-refractivity contribution in [3.63, 3.8) is 0 Å². The van der Waals surface area contributed by atoms with Gasteiger partial charge in [0.1, 0.15) is 11.3 Å². The molecule has 0 aromatic carbocycles. The van der Waals surface area contributed by atoms with Gasteiger partial charge in [0.15, 0.2) is 11.5 Å². The van der Waals surface area contributed by atoms with E-state index in [2.05, 4.69) is 25.6 Å². The summed E-state index contributed by atoms with van der Waals surface area (Å²) in [5.74, 6) is -0.660. The lowest BCUT2D eigenvalue weighted by Crippen LogP contribution is -2.18. The van der Waals surface area contributed by atoms with Gasteiger partial charge in [0.2, 0.25) is 5.95 Å². The maximum Gasteiger partial charge on any atom is 0.413 e. The molecule has 0 bridgehead atoms.